The molecule has 4 nitrogen and oxygen atoms in total. The van der Waals surface area contributed by atoms with Crippen molar-refractivity contribution in [2.45, 2.75) is 38.8 Å². The van der Waals surface area contributed by atoms with Crippen molar-refractivity contribution >= 4 is 6.09 Å². The van der Waals surface area contributed by atoms with Crippen LogP contribution >= 0.6 is 0 Å². The van der Waals surface area contributed by atoms with Gasteiger partial charge in [-0.3, -0.25) is 4.90 Å². The summed E-state index contributed by atoms with van der Waals surface area (Å²) in [4.78, 5) is 13.3. The van der Waals surface area contributed by atoms with E-state index < -0.39 is 5.60 Å². The molecule has 1 heterocycles. The Balaban J connectivity index is 2.58. The van der Waals surface area contributed by atoms with E-state index in [1.54, 1.807) is 4.90 Å². The van der Waals surface area contributed by atoms with Gasteiger partial charge >= 0.3 is 6.09 Å². The van der Waals surface area contributed by atoms with Crippen molar-refractivity contribution < 1.29 is 9.53 Å². The zero-order valence-corrected chi connectivity index (χ0v) is 9.36. The first-order valence-electron chi connectivity index (χ1n) is 4.97. The smallest absolute Gasteiger partial charge is 0.411 e. The molecule has 0 aromatic carbocycles. The molecule has 0 spiro atoms. The van der Waals surface area contributed by atoms with Crippen LogP contribution in [0.3, 0.4) is 0 Å². The number of amides is 1. The summed E-state index contributed by atoms with van der Waals surface area (Å²) in [5.41, 5.74) is -0.489. The van der Waals surface area contributed by atoms with Crippen LogP contribution in [0.4, 0.5) is 4.79 Å². The highest BCUT2D eigenvalue weighted by Gasteiger charge is 2.28. The zero-order valence-electron chi connectivity index (χ0n) is 9.36. The van der Waals surface area contributed by atoms with Crippen LogP contribution in [-0.2, 0) is 4.74 Å². The summed E-state index contributed by atoms with van der Waals surface area (Å²) in [6.45, 7) is 6.01. The third-order valence-electron chi connectivity index (χ3n) is 1.99. The Morgan fingerprint density at radius 2 is 2.33 bits per heavy atom. The van der Waals surface area contributed by atoms with E-state index in [0.717, 1.165) is 0 Å². The summed E-state index contributed by atoms with van der Waals surface area (Å²) in [6.07, 6.45) is 3.71. The van der Waals surface area contributed by atoms with Gasteiger partial charge in [0.05, 0.1) is 18.5 Å². The van der Waals surface area contributed by atoms with Gasteiger partial charge in [-0.25, -0.2) is 4.79 Å². The maximum Gasteiger partial charge on any atom is 0.411 e. The predicted molar refractivity (Wildman–Crippen MR) is 56.1 cm³/mol. The summed E-state index contributed by atoms with van der Waals surface area (Å²) >= 11 is 0. The van der Waals surface area contributed by atoms with E-state index in [1.807, 2.05) is 32.9 Å². The number of carbonyl (C=O) groups excluding carboxylic acids is 1. The second-order valence-electron chi connectivity index (χ2n) is 4.49. The summed E-state index contributed by atoms with van der Waals surface area (Å²) in [5, 5.41) is 8.60. The molecule has 1 amide bonds. The second kappa shape index (κ2) is 4.35. The molecule has 0 radical (unpaired) electrons. The number of rotatable bonds is 1. The SMILES string of the molecule is CC(C)(C)OC(=O)N1CC=C[C@H]1CC#N. The predicted octanol–water partition coefficient (Wildman–Crippen LogP) is 2.08. The monoisotopic (exact) mass is 208 g/mol. The van der Waals surface area contributed by atoms with Crippen molar-refractivity contribution in [3.63, 3.8) is 0 Å². The van der Waals surface area contributed by atoms with E-state index in [2.05, 4.69) is 6.07 Å². The van der Waals surface area contributed by atoms with Gasteiger partial charge in [-0.1, -0.05) is 12.2 Å². The minimum absolute atomic E-state index is 0.134. The van der Waals surface area contributed by atoms with Gasteiger partial charge in [-0.05, 0) is 20.8 Å². The largest absolute Gasteiger partial charge is 0.444 e. The Kier molecular flexibility index (Phi) is 3.35. The lowest BCUT2D eigenvalue weighted by Gasteiger charge is -2.27. The minimum atomic E-state index is -0.489. The number of ether oxygens (including phenoxy) is 1. The lowest BCUT2D eigenvalue weighted by atomic mass is 10.2. The maximum absolute atomic E-state index is 11.7. The van der Waals surface area contributed by atoms with Crippen LogP contribution in [0.25, 0.3) is 0 Å². The van der Waals surface area contributed by atoms with Crippen molar-refractivity contribution in [2.24, 2.45) is 0 Å². The molecule has 0 aromatic heterocycles. The Bertz CT molecular complexity index is 310. The van der Waals surface area contributed by atoms with Gasteiger partial charge in [0, 0.05) is 6.54 Å². The zero-order chi connectivity index (χ0) is 11.5. The molecule has 0 saturated heterocycles. The molecule has 0 saturated carbocycles. The summed E-state index contributed by atoms with van der Waals surface area (Å²) in [7, 11) is 0. The van der Waals surface area contributed by atoms with Crippen LogP contribution in [0.2, 0.25) is 0 Å². The van der Waals surface area contributed by atoms with Crippen LogP contribution in [0.1, 0.15) is 27.2 Å². The first-order chi connectivity index (χ1) is 6.94. The molecule has 4 heteroatoms. The van der Waals surface area contributed by atoms with Gasteiger partial charge in [-0.15, -0.1) is 0 Å². The van der Waals surface area contributed by atoms with Crippen LogP contribution in [0, 0.1) is 11.3 Å². The van der Waals surface area contributed by atoms with Crippen LogP contribution in [0.15, 0.2) is 12.2 Å². The van der Waals surface area contributed by atoms with Crippen molar-refractivity contribution in [2.75, 3.05) is 6.54 Å². The van der Waals surface area contributed by atoms with Crippen LogP contribution < -0.4 is 0 Å². The van der Waals surface area contributed by atoms with E-state index in [0.29, 0.717) is 13.0 Å². The number of hydrogen-bond acceptors (Lipinski definition) is 3. The molecule has 1 atom stereocenters. The van der Waals surface area contributed by atoms with Crippen molar-refractivity contribution in [1.82, 2.24) is 4.90 Å². The number of nitrogens with zero attached hydrogens (tertiary/aromatic N) is 2. The number of nitriles is 1. The molecule has 0 aromatic rings. The third-order valence-corrected chi connectivity index (χ3v) is 1.99. The Morgan fingerprint density at radius 1 is 1.67 bits per heavy atom. The van der Waals surface area contributed by atoms with Gasteiger partial charge in [-0.2, -0.15) is 5.26 Å². The van der Waals surface area contributed by atoms with Gasteiger partial charge < -0.3 is 4.74 Å². The van der Waals surface area contributed by atoms with Crippen molar-refractivity contribution in [3.05, 3.63) is 12.2 Å². The lowest BCUT2D eigenvalue weighted by molar-refractivity contribution is 0.0245. The first-order valence-corrected chi connectivity index (χ1v) is 4.97. The highest BCUT2D eigenvalue weighted by molar-refractivity contribution is 5.69. The molecule has 0 unspecified atom stereocenters. The van der Waals surface area contributed by atoms with Gasteiger partial charge in [0.2, 0.25) is 0 Å². The fourth-order valence-electron chi connectivity index (χ4n) is 1.37. The van der Waals surface area contributed by atoms with E-state index in [1.165, 1.54) is 0 Å². The molecule has 1 aliphatic rings. The quantitative estimate of drug-likeness (QED) is 0.620. The maximum atomic E-state index is 11.7. The van der Waals surface area contributed by atoms with Gasteiger partial charge in [0.15, 0.2) is 0 Å². The Hall–Kier alpha value is -1.50. The van der Waals surface area contributed by atoms with Gasteiger partial charge in [0.1, 0.15) is 5.60 Å². The second-order valence-corrected chi connectivity index (χ2v) is 4.49. The van der Waals surface area contributed by atoms with Gasteiger partial charge in [0.25, 0.3) is 0 Å². The third kappa shape index (κ3) is 3.28. The Labute approximate surface area is 90.1 Å². The number of carbonyl (C=O) groups is 1. The molecule has 82 valence electrons. The molecule has 0 fully saturated rings. The molecule has 15 heavy (non-hydrogen) atoms. The highest BCUT2D eigenvalue weighted by Crippen LogP contribution is 2.17. The fraction of sp³-hybridized carbons (Fsp3) is 0.636. The number of hydrogen-bond donors (Lipinski definition) is 0. The van der Waals surface area contributed by atoms with E-state index in [4.69, 9.17) is 10.00 Å². The molecule has 1 aliphatic heterocycles. The molecular weight excluding hydrogens is 192 g/mol. The molecule has 0 N–H and O–H groups in total. The summed E-state index contributed by atoms with van der Waals surface area (Å²) in [5.74, 6) is 0. The Morgan fingerprint density at radius 3 is 2.87 bits per heavy atom. The van der Waals surface area contributed by atoms with Crippen LogP contribution in [0.5, 0.6) is 0 Å². The average Bonchev–Trinajstić information content (AvgIpc) is 2.49. The molecule has 0 bridgehead atoms. The molecular formula is C11H16N2O2. The first kappa shape index (κ1) is 11.6. The molecule has 0 aliphatic carbocycles. The average molecular weight is 208 g/mol. The topological polar surface area (TPSA) is 53.3 Å². The van der Waals surface area contributed by atoms with E-state index in [9.17, 15) is 4.79 Å². The van der Waals surface area contributed by atoms with E-state index in [-0.39, 0.29) is 12.1 Å². The lowest BCUT2D eigenvalue weighted by Crippen LogP contribution is -2.40. The normalized spacial score (nSPS) is 20.1. The highest BCUT2D eigenvalue weighted by atomic mass is 16.6. The van der Waals surface area contributed by atoms with Crippen molar-refractivity contribution in [1.29, 1.82) is 5.26 Å². The summed E-state index contributed by atoms with van der Waals surface area (Å²) in [6, 6.07) is 1.92. The standard InChI is InChI=1S/C11H16N2O2/c1-11(2,3)15-10(14)13-8-4-5-9(13)6-7-12/h4-5,9H,6,8H2,1-3H3/t9-/m0/s1. The summed E-state index contributed by atoms with van der Waals surface area (Å²) < 4.78 is 5.24. The van der Waals surface area contributed by atoms with Crippen molar-refractivity contribution in [3.8, 4) is 6.07 Å². The van der Waals surface area contributed by atoms with Crippen LogP contribution in [-0.4, -0.2) is 29.2 Å². The van der Waals surface area contributed by atoms with E-state index >= 15 is 0 Å². The fourth-order valence-corrected chi connectivity index (χ4v) is 1.37. The molecule has 1 rings (SSSR count). The minimum Gasteiger partial charge on any atom is -0.444 e.